The molecule has 2 fully saturated rings. The molecule has 1 aromatic heterocycles. The molecule has 0 bridgehead atoms. The van der Waals surface area contributed by atoms with E-state index in [2.05, 4.69) is 24.1 Å². The van der Waals surface area contributed by atoms with E-state index < -0.39 is 0 Å². The predicted molar refractivity (Wildman–Crippen MR) is 124 cm³/mol. The summed E-state index contributed by atoms with van der Waals surface area (Å²) in [5.41, 5.74) is 1.27. The Balaban J connectivity index is 1.30. The van der Waals surface area contributed by atoms with Gasteiger partial charge in [-0.1, -0.05) is 12.1 Å². The fraction of sp³-hybridized carbons (Fsp3) is 0.500. The molecule has 166 valence electrons. The van der Waals surface area contributed by atoms with Crippen molar-refractivity contribution in [2.24, 2.45) is 5.92 Å². The number of carbonyl (C=O) groups excluding carboxylic acids is 2. The molecule has 2 unspecified atom stereocenters. The summed E-state index contributed by atoms with van der Waals surface area (Å²) in [7, 11) is 0. The Labute approximate surface area is 188 Å². The number of ether oxygens (including phenoxy) is 1. The molecule has 2 aliphatic rings. The summed E-state index contributed by atoms with van der Waals surface area (Å²) in [5, 5.41) is 4.76. The van der Waals surface area contributed by atoms with Crippen LogP contribution in [0.15, 0.2) is 41.8 Å². The van der Waals surface area contributed by atoms with Gasteiger partial charge in [0.15, 0.2) is 0 Å². The lowest BCUT2D eigenvalue weighted by atomic mass is 9.95. The van der Waals surface area contributed by atoms with Crippen molar-refractivity contribution in [1.29, 1.82) is 0 Å². The number of thiophene rings is 1. The second-order valence-electron chi connectivity index (χ2n) is 8.72. The maximum atomic E-state index is 13.0. The number of rotatable bonds is 5. The molecule has 2 amide bonds. The van der Waals surface area contributed by atoms with E-state index in [1.54, 1.807) is 12.1 Å². The number of anilines is 1. The minimum atomic E-state index is -0.146. The van der Waals surface area contributed by atoms with Crippen molar-refractivity contribution in [3.63, 3.8) is 0 Å². The summed E-state index contributed by atoms with van der Waals surface area (Å²) in [6.07, 6.45) is 2.64. The van der Waals surface area contributed by atoms with Gasteiger partial charge in [-0.3, -0.25) is 14.5 Å². The van der Waals surface area contributed by atoms with Gasteiger partial charge in [0.05, 0.1) is 17.1 Å². The summed E-state index contributed by atoms with van der Waals surface area (Å²) in [6.45, 7) is 8.92. The van der Waals surface area contributed by atoms with Gasteiger partial charge in [0.2, 0.25) is 0 Å². The zero-order valence-corrected chi connectivity index (χ0v) is 19.1. The SMILES string of the molecule is CC1CN(CC2CCN(C(=O)c3cccc(NC(=O)c4cccs4)c3)CC2)CC(C)O1. The number of hydrogen-bond acceptors (Lipinski definition) is 5. The largest absolute Gasteiger partial charge is 0.373 e. The molecule has 2 aliphatic heterocycles. The van der Waals surface area contributed by atoms with Crippen LogP contribution >= 0.6 is 11.3 Å². The quantitative estimate of drug-likeness (QED) is 0.763. The standard InChI is InChI=1S/C24H31N3O3S/c1-17-14-26(15-18(2)30-17)16-19-8-10-27(11-9-19)24(29)20-5-3-6-21(13-20)25-23(28)22-7-4-12-31-22/h3-7,12-13,17-19H,8-11,14-16H2,1-2H3,(H,25,28). The smallest absolute Gasteiger partial charge is 0.265 e. The van der Waals surface area contributed by atoms with E-state index in [-0.39, 0.29) is 24.0 Å². The minimum Gasteiger partial charge on any atom is -0.373 e. The minimum absolute atomic E-state index is 0.0410. The Morgan fingerprint density at radius 2 is 1.84 bits per heavy atom. The van der Waals surface area contributed by atoms with Gasteiger partial charge in [-0.05, 0) is 62.3 Å². The molecule has 0 aliphatic carbocycles. The van der Waals surface area contributed by atoms with Gasteiger partial charge in [-0.2, -0.15) is 0 Å². The third kappa shape index (κ3) is 5.73. The first-order chi connectivity index (χ1) is 15.0. The number of morpholine rings is 1. The highest BCUT2D eigenvalue weighted by atomic mass is 32.1. The van der Waals surface area contributed by atoms with Crippen LogP contribution in [0.1, 0.15) is 46.7 Å². The molecule has 0 spiro atoms. The van der Waals surface area contributed by atoms with Gasteiger partial charge in [0, 0.05) is 44.0 Å². The molecule has 1 aromatic carbocycles. The summed E-state index contributed by atoms with van der Waals surface area (Å²) >= 11 is 1.40. The van der Waals surface area contributed by atoms with Crippen molar-refractivity contribution in [3.8, 4) is 0 Å². The number of carbonyl (C=O) groups is 2. The summed E-state index contributed by atoms with van der Waals surface area (Å²) in [5.74, 6) is 0.518. The van der Waals surface area contributed by atoms with E-state index in [1.807, 2.05) is 34.5 Å². The van der Waals surface area contributed by atoms with Crippen LogP contribution in [-0.2, 0) is 4.74 Å². The molecule has 4 rings (SSSR count). The number of hydrogen-bond donors (Lipinski definition) is 1. The zero-order chi connectivity index (χ0) is 21.8. The van der Waals surface area contributed by atoms with Crippen molar-refractivity contribution in [3.05, 3.63) is 52.2 Å². The van der Waals surface area contributed by atoms with Crippen LogP contribution in [0.25, 0.3) is 0 Å². The highest BCUT2D eigenvalue weighted by Crippen LogP contribution is 2.23. The van der Waals surface area contributed by atoms with Crippen LogP contribution < -0.4 is 5.32 Å². The van der Waals surface area contributed by atoms with Crippen molar-refractivity contribution in [2.75, 3.05) is 38.0 Å². The predicted octanol–water partition coefficient (Wildman–Crippen LogP) is 3.96. The fourth-order valence-corrected chi connectivity index (χ4v) is 5.25. The third-order valence-electron chi connectivity index (χ3n) is 6.03. The highest BCUT2D eigenvalue weighted by molar-refractivity contribution is 7.12. The lowest BCUT2D eigenvalue weighted by Gasteiger charge is -2.39. The van der Waals surface area contributed by atoms with Gasteiger partial charge in [-0.15, -0.1) is 11.3 Å². The molecule has 7 heteroatoms. The summed E-state index contributed by atoms with van der Waals surface area (Å²) in [4.78, 5) is 30.4. The normalized spacial score (nSPS) is 23.0. The molecule has 2 atom stereocenters. The molecule has 31 heavy (non-hydrogen) atoms. The molecule has 2 aromatic rings. The molecule has 2 saturated heterocycles. The van der Waals surface area contributed by atoms with Gasteiger partial charge < -0.3 is 15.0 Å². The van der Waals surface area contributed by atoms with Gasteiger partial charge in [-0.25, -0.2) is 0 Å². The van der Waals surface area contributed by atoms with Crippen molar-refractivity contribution in [1.82, 2.24) is 9.80 Å². The van der Waals surface area contributed by atoms with E-state index >= 15 is 0 Å². The second-order valence-corrected chi connectivity index (χ2v) is 9.67. The van der Waals surface area contributed by atoms with Crippen LogP contribution in [0.2, 0.25) is 0 Å². The molecular formula is C24H31N3O3S. The summed E-state index contributed by atoms with van der Waals surface area (Å²) < 4.78 is 5.84. The van der Waals surface area contributed by atoms with Crippen LogP contribution in [-0.4, -0.2) is 66.5 Å². The zero-order valence-electron chi connectivity index (χ0n) is 18.3. The van der Waals surface area contributed by atoms with Gasteiger partial charge in [0.1, 0.15) is 0 Å². The first kappa shape index (κ1) is 22.0. The number of likely N-dealkylation sites (tertiary alicyclic amines) is 1. The van der Waals surface area contributed by atoms with Crippen molar-refractivity contribution in [2.45, 2.75) is 38.9 Å². The van der Waals surface area contributed by atoms with Crippen LogP contribution in [0.4, 0.5) is 5.69 Å². The number of nitrogens with zero attached hydrogens (tertiary/aromatic N) is 2. The number of benzene rings is 1. The van der Waals surface area contributed by atoms with Gasteiger partial charge in [0.25, 0.3) is 11.8 Å². The fourth-order valence-electron chi connectivity index (χ4n) is 4.63. The molecule has 6 nitrogen and oxygen atoms in total. The molecule has 3 heterocycles. The van der Waals surface area contributed by atoms with Crippen LogP contribution in [0.3, 0.4) is 0 Å². The molecule has 0 radical (unpaired) electrons. The average molecular weight is 442 g/mol. The monoisotopic (exact) mass is 441 g/mol. The van der Waals surface area contributed by atoms with E-state index in [9.17, 15) is 9.59 Å². The molecule has 1 N–H and O–H groups in total. The first-order valence-electron chi connectivity index (χ1n) is 11.1. The maximum Gasteiger partial charge on any atom is 0.265 e. The van der Waals surface area contributed by atoms with Crippen molar-refractivity contribution < 1.29 is 14.3 Å². The van der Waals surface area contributed by atoms with Crippen molar-refractivity contribution >= 4 is 28.8 Å². The number of piperidine rings is 1. The Bertz CT molecular complexity index is 883. The molecular weight excluding hydrogens is 410 g/mol. The second kappa shape index (κ2) is 9.94. The van der Waals surface area contributed by atoms with Crippen LogP contribution in [0.5, 0.6) is 0 Å². The summed E-state index contributed by atoms with van der Waals surface area (Å²) in [6, 6.07) is 10.9. The Kier molecular flexibility index (Phi) is 7.05. The Hall–Kier alpha value is -2.22. The number of nitrogens with one attached hydrogen (secondary N) is 1. The van der Waals surface area contributed by atoms with E-state index in [1.165, 1.54) is 11.3 Å². The Morgan fingerprint density at radius 3 is 2.52 bits per heavy atom. The Morgan fingerprint density at radius 1 is 1.10 bits per heavy atom. The lowest BCUT2D eigenvalue weighted by molar-refractivity contribution is -0.0728. The number of amides is 2. The topological polar surface area (TPSA) is 61.9 Å². The highest BCUT2D eigenvalue weighted by Gasteiger charge is 2.28. The van der Waals surface area contributed by atoms with E-state index in [4.69, 9.17) is 4.74 Å². The first-order valence-corrected chi connectivity index (χ1v) is 12.0. The third-order valence-corrected chi connectivity index (χ3v) is 6.89. The van der Waals surface area contributed by atoms with E-state index in [0.717, 1.165) is 45.6 Å². The lowest BCUT2D eigenvalue weighted by Crippen LogP contribution is -2.48. The van der Waals surface area contributed by atoms with Gasteiger partial charge >= 0.3 is 0 Å². The van der Waals surface area contributed by atoms with Crippen LogP contribution in [0, 0.1) is 5.92 Å². The molecule has 0 saturated carbocycles. The average Bonchev–Trinajstić information content (AvgIpc) is 3.28. The van der Waals surface area contributed by atoms with E-state index in [0.29, 0.717) is 22.0 Å². The maximum absolute atomic E-state index is 13.0.